The minimum atomic E-state index is -3.80. The summed E-state index contributed by atoms with van der Waals surface area (Å²) >= 11 is 0. The Morgan fingerprint density at radius 2 is 2.17 bits per heavy atom. The number of anilines is 1. The van der Waals surface area contributed by atoms with Crippen LogP contribution in [0.3, 0.4) is 0 Å². The van der Waals surface area contributed by atoms with E-state index >= 15 is 0 Å². The van der Waals surface area contributed by atoms with Crippen molar-refractivity contribution in [1.82, 2.24) is 15.0 Å². The molecule has 1 aliphatic rings. The van der Waals surface area contributed by atoms with Gasteiger partial charge in [0.15, 0.2) is 0 Å². The summed E-state index contributed by atoms with van der Waals surface area (Å²) in [5.74, 6) is 0.593. The second kappa shape index (κ2) is 5.52. The maximum Gasteiger partial charge on any atom is 0.283 e. The molecular weight excluding hydrogens is 316 g/mol. The van der Waals surface area contributed by atoms with Gasteiger partial charge in [0, 0.05) is 0 Å². The molecule has 7 nitrogen and oxygen atoms in total. The van der Waals surface area contributed by atoms with Crippen molar-refractivity contribution in [1.29, 1.82) is 0 Å². The van der Waals surface area contributed by atoms with Crippen LogP contribution in [0.5, 0.6) is 5.75 Å². The third-order valence-electron chi connectivity index (χ3n) is 3.79. The average Bonchev–Trinajstić information content (AvgIpc) is 2.97. The maximum atomic E-state index is 12.5. The summed E-state index contributed by atoms with van der Waals surface area (Å²) in [6.07, 6.45) is 2.98. The third-order valence-corrected chi connectivity index (χ3v) is 5.02. The minimum absolute atomic E-state index is 0.105. The van der Waals surface area contributed by atoms with Crippen LogP contribution >= 0.6 is 0 Å². The Hall–Kier alpha value is -2.09. The fourth-order valence-electron chi connectivity index (χ4n) is 2.50. The van der Waals surface area contributed by atoms with E-state index in [1.807, 2.05) is 32.9 Å². The van der Waals surface area contributed by atoms with Gasteiger partial charge in [0.25, 0.3) is 10.0 Å². The molecule has 23 heavy (non-hydrogen) atoms. The number of aromatic nitrogens is 3. The molecule has 2 heterocycles. The van der Waals surface area contributed by atoms with E-state index < -0.39 is 10.0 Å². The molecule has 0 aliphatic carbocycles. The molecule has 1 N–H and O–H groups in total. The SMILES string of the molecule is CCn1ncc(S(=O)(=O)Nc2cccc3c2OC(C)(C)CC3)n1. The van der Waals surface area contributed by atoms with Crippen LogP contribution < -0.4 is 9.46 Å². The molecule has 0 bridgehead atoms. The zero-order valence-corrected chi connectivity index (χ0v) is 14.2. The van der Waals surface area contributed by atoms with Crippen molar-refractivity contribution in [2.75, 3.05) is 4.72 Å². The van der Waals surface area contributed by atoms with Crippen LogP contribution in [0.15, 0.2) is 29.4 Å². The highest BCUT2D eigenvalue weighted by atomic mass is 32.2. The summed E-state index contributed by atoms with van der Waals surface area (Å²) in [5.41, 5.74) is 1.11. The number of fused-ring (bicyclic) bond motifs is 1. The normalized spacial score (nSPS) is 16.5. The van der Waals surface area contributed by atoms with E-state index in [4.69, 9.17) is 4.74 Å². The van der Waals surface area contributed by atoms with E-state index in [0.29, 0.717) is 18.0 Å². The number of para-hydroxylation sites is 1. The number of benzene rings is 1. The lowest BCUT2D eigenvalue weighted by atomic mass is 9.94. The molecule has 1 aromatic heterocycles. The first-order valence-corrected chi connectivity index (χ1v) is 9.03. The van der Waals surface area contributed by atoms with Gasteiger partial charge in [-0.25, -0.2) is 0 Å². The van der Waals surface area contributed by atoms with Crippen LogP contribution in [0.4, 0.5) is 5.69 Å². The predicted octanol–water partition coefficient (Wildman–Crippen LogP) is 2.20. The smallest absolute Gasteiger partial charge is 0.283 e. The average molecular weight is 336 g/mol. The highest BCUT2D eigenvalue weighted by molar-refractivity contribution is 7.92. The zero-order valence-electron chi connectivity index (χ0n) is 13.4. The predicted molar refractivity (Wildman–Crippen MR) is 86.0 cm³/mol. The number of hydrogen-bond donors (Lipinski definition) is 1. The lowest BCUT2D eigenvalue weighted by molar-refractivity contribution is 0.0857. The second-order valence-electron chi connectivity index (χ2n) is 6.13. The van der Waals surface area contributed by atoms with E-state index in [-0.39, 0.29) is 10.6 Å². The summed E-state index contributed by atoms with van der Waals surface area (Å²) in [6, 6.07) is 5.47. The number of aryl methyl sites for hydroxylation is 2. The topological polar surface area (TPSA) is 86.1 Å². The minimum Gasteiger partial charge on any atom is -0.485 e. The van der Waals surface area contributed by atoms with Crippen LogP contribution in [-0.2, 0) is 23.0 Å². The second-order valence-corrected chi connectivity index (χ2v) is 7.76. The molecule has 1 aliphatic heterocycles. The lowest BCUT2D eigenvalue weighted by Crippen LogP contribution is -2.33. The standard InChI is InChI=1S/C15H20N4O3S/c1-4-19-16-10-13(17-19)23(20,21)18-12-7-5-6-11-8-9-15(2,3)22-14(11)12/h5-7,10,18H,4,8-9H2,1-3H3. The Morgan fingerprint density at radius 3 is 2.87 bits per heavy atom. The van der Waals surface area contributed by atoms with Crippen LogP contribution in [0.2, 0.25) is 0 Å². The van der Waals surface area contributed by atoms with Gasteiger partial charge in [0.2, 0.25) is 5.03 Å². The van der Waals surface area contributed by atoms with Crippen LogP contribution in [-0.4, -0.2) is 29.0 Å². The van der Waals surface area contributed by atoms with Crippen molar-refractivity contribution in [3.8, 4) is 5.75 Å². The highest BCUT2D eigenvalue weighted by Crippen LogP contribution is 2.39. The van der Waals surface area contributed by atoms with Gasteiger partial charge in [0.1, 0.15) is 11.4 Å². The van der Waals surface area contributed by atoms with Crippen molar-refractivity contribution >= 4 is 15.7 Å². The van der Waals surface area contributed by atoms with E-state index in [1.165, 1.54) is 11.0 Å². The Balaban J connectivity index is 1.94. The number of hydrogen-bond acceptors (Lipinski definition) is 5. The molecule has 0 saturated carbocycles. The van der Waals surface area contributed by atoms with Gasteiger partial charge in [-0.05, 0) is 45.2 Å². The van der Waals surface area contributed by atoms with Gasteiger partial charge >= 0.3 is 0 Å². The first-order chi connectivity index (χ1) is 10.8. The number of nitrogens with zero attached hydrogens (tertiary/aromatic N) is 3. The van der Waals surface area contributed by atoms with Crippen LogP contribution in [0.25, 0.3) is 0 Å². The molecule has 0 saturated heterocycles. The highest BCUT2D eigenvalue weighted by Gasteiger charge is 2.30. The Labute approximate surface area is 135 Å². The number of nitrogens with one attached hydrogen (secondary N) is 1. The summed E-state index contributed by atoms with van der Waals surface area (Å²) < 4.78 is 33.6. The molecule has 2 aromatic rings. The van der Waals surface area contributed by atoms with Crippen molar-refractivity contribution in [2.24, 2.45) is 0 Å². The molecule has 0 amide bonds. The first-order valence-electron chi connectivity index (χ1n) is 7.54. The van der Waals surface area contributed by atoms with E-state index in [0.717, 1.165) is 18.4 Å². The molecule has 0 spiro atoms. The van der Waals surface area contributed by atoms with Crippen molar-refractivity contribution in [2.45, 2.75) is 50.8 Å². The quantitative estimate of drug-likeness (QED) is 0.925. The van der Waals surface area contributed by atoms with Crippen molar-refractivity contribution in [3.05, 3.63) is 30.0 Å². The third kappa shape index (κ3) is 3.17. The molecule has 0 atom stereocenters. The van der Waals surface area contributed by atoms with E-state index in [1.54, 1.807) is 6.07 Å². The Bertz CT molecular complexity index is 827. The largest absolute Gasteiger partial charge is 0.485 e. The fourth-order valence-corrected chi connectivity index (χ4v) is 3.44. The molecular formula is C15H20N4O3S. The molecule has 0 fully saturated rings. The summed E-state index contributed by atoms with van der Waals surface area (Å²) in [5, 5.41) is 7.76. The van der Waals surface area contributed by atoms with Gasteiger partial charge in [-0.2, -0.15) is 18.3 Å². The van der Waals surface area contributed by atoms with Gasteiger partial charge in [-0.1, -0.05) is 12.1 Å². The first kappa shape index (κ1) is 15.8. The maximum absolute atomic E-state index is 12.5. The summed E-state index contributed by atoms with van der Waals surface area (Å²) in [4.78, 5) is 1.33. The Kier molecular flexibility index (Phi) is 3.79. The molecule has 3 rings (SSSR count). The number of sulfonamides is 1. The number of ether oxygens (including phenoxy) is 1. The molecule has 8 heteroatoms. The lowest BCUT2D eigenvalue weighted by Gasteiger charge is -2.33. The van der Waals surface area contributed by atoms with E-state index in [2.05, 4.69) is 14.9 Å². The molecule has 0 unspecified atom stereocenters. The van der Waals surface area contributed by atoms with E-state index in [9.17, 15) is 8.42 Å². The molecule has 0 radical (unpaired) electrons. The van der Waals surface area contributed by atoms with Gasteiger partial charge < -0.3 is 4.74 Å². The van der Waals surface area contributed by atoms with Gasteiger partial charge in [-0.15, -0.1) is 5.10 Å². The summed E-state index contributed by atoms with van der Waals surface area (Å²) in [7, 11) is -3.80. The van der Waals surface area contributed by atoms with Crippen molar-refractivity contribution in [3.63, 3.8) is 0 Å². The van der Waals surface area contributed by atoms with Crippen molar-refractivity contribution < 1.29 is 13.2 Å². The zero-order chi connectivity index (χ0) is 16.7. The Morgan fingerprint density at radius 1 is 1.39 bits per heavy atom. The van der Waals surface area contributed by atoms with Crippen LogP contribution in [0.1, 0.15) is 32.8 Å². The van der Waals surface area contributed by atoms with Gasteiger partial charge in [0.05, 0.1) is 18.4 Å². The van der Waals surface area contributed by atoms with Gasteiger partial charge in [-0.3, -0.25) is 4.72 Å². The molecule has 1 aromatic carbocycles. The number of rotatable bonds is 4. The molecule has 124 valence electrons. The summed E-state index contributed by atoms with van der Waals surface area (Å²) in [6.45, 7) is 6.34. The van der Waals surface area contributed by atoms with Crippen LogP contribution in [0, 0.1) is 0 Å². The monoisotopic (exact) mass is 336 g/mol. The fraction of sp³-hybridized carbons (Fsp3) is 0.467.